The van der Waals surface area contributed by atoms with Gasteiger partial charge in [0.1, 0.15) is 18.8 Å². The fraction of sp³-hybridized carbons (Fsp3) is 0.500. The molecular weight excluding hydrogens is 364 g/mol. The zero-order chi connectivity index (χ0) is 16.3. The average molecular weight is 382 g/mol. The van der Waals surface area contributed by atoms with Crippen LogP contribution in [0.5, 0.6) is 0 Å². The Morgan fingerprint density at radius 2 is 2.00 bits per heavy atom. The molecule has 0 unspecified atom stereocenters. The summed E-state index contributed by atoms with van der Waals surface area (Å²) < 4.78 is 42.5. The molecule has 0 aromatic heterocycles. The van der Waals surface area contributed by atoms with E-state index in [0.717, 1.165) is 0 Å². The molecule has 0 aliphatic carbocycles. The Hall–Kier alpha value is -0.660. The van der Waals surface area contributed by atoms with E-state index >= 15 is 0 Å². The van der Waals surface area contributed by atoms with Gasteiger partial charge in [-0.25, -0.2) is 17.7 Å². The van der Waals surface area contributed by atoms with Crippen molar-refractivity contribution in [3.05, 3.63) is 34.1 Å². The van der Waals surface area contributed by atoms with E-state index in [1.165, 1.54) is 18.2 Å². The van der Waals surface area contributed by atoms with Crippen molar-refractivity contribution in [3.63, 3.8) is 0 Å². The molecule has 0 heterocycles. The van der Waals surface area contributed by atoms with Gasteiger partial charge in [-0.2, -0.15) is 0 Å². The van der Waals surface area contributed by atoms with Crippen LogP contribution in [0, 0.1) is 5.82 Å². The normalized spacial score (nSPS) is 16.3. The van der Waals surface area contributed by atoms with Crippen LogP contribution in [0.4, 0.5) is 8.78 Å². The Morgan fingerprint density at radius 1 is 1.38 bits per heavy atom. The Morgan fingerprint density at radius 3 is 2.48 bits per heavy atom. The summed E-state index contributed by atoms with van der Waals surface area (Å²) in [6.45, 7) is 4.06. The summed E-state index contributed by atoms with van der Waals surface area (Å²) >= 11 is 3.19. The Bertz CT molecular complexity index is 548. The lowest BCUT2D eigenvalue weighted by Crippen LogP contribution is -2.50. The third kappa shape index (κ3) is 4.40. The second-order valence-corrected chi connectivity index (χ2v) is 8.58. The summed E-state index contributed by atoms with van der Waals surface area (Å²) in [6, 6.07) is 4.05. The first-order chi connectivity index (χ1) is 9.66. The second-order valence-electron chi connectivity index (χ2n) is 5.69. The summed E-state index contributed by atoms with van der Waals surface area (Å²) in [5, 5.41) is 0. The summed E-state index contributed by atoms with van der Waals surface area (Å²) in [5.41, 5.74) is -1.67. The second kappa shape index (κ2) is 7.07. The molecule has 0 bridgehead atoms. The van der Waals surface area contributed by atoms with Crippen molar-refractivity contribution in [1.29, 1.82) is 0 Å². The molecular formula is C14H18BrF2NO2S. The van der Waals surface area contributed by atoms with Crippen LogP contribution >= 0.6 is 15.9 Å². The number of carbonyl (C=O) groups is 1. The van der Waals surface area contributed by atoms with E-state index in [0.29, 0.717) is 10.8 Å². The quantitative estimate of drug-likeness (QED) is 0.767. The number of hydrogen-bond acceptors (Lipinski definition) is 2. The van der Waals surface area contributed by atoms with Crippen LogP contribution in [0.3, 0.4) is 0 Å². The minimum Gasteiger partial charge on any atom is -0.303 e. The maximum absolute atomic E-state index is 14.1. The number of carbonyl (C=O) groups excluding carboxylic acids is 1. The zero-order valence-electron chi connectivity index (χ0n) is 12.1. The largest absolute Gasteiger partial charge is 0.303 e. The van der Waals surface area contributed by atoms with E-state index in [9.17, 15) is 17.8 Å². The minimum absolute atomic E-state index is 0.0240. The van der Waals surface area contributed by atoms with E-state index in [2.05, 4.69) is 20.7 Å². The molecule has 0 radical (unpaired) electrons. The highest BCUT2D eigenvalue weighted by Gasteiger charge is 2.38. The first kappa shape index (κ1) is 18.4. The molecule has 0 amide bonds. The van der Waals surface area contributed by atoms with Gasteiger partial charge < -0.3 is 4.79 Å². The molecule has 0 spiro atoms. The summed E-state index contributed by atoms with van der Waals surface area (Å²) in [5.74, 6) is -0.656. The summed E-state index contributed by atoms with van der Waals surface area (Å²) in [7, 11) is -1.65. The molecule has 2 atom stereocenters. The predicted molar refractivity (Wildman–Crippen MR) is 83.5 cm³/mol. The topological polar surface area (TPSA) is 46.2 Å². The molecule has 1 aromatic carbocycles. The fourth-order valence-corrected chi connectivity index (χ4v) is 2.97. The average Bonchev–Trinajstić information content (AvgIpc) is 2.39. The maximum Gasteiger partial charge on any atom is 0.128 e. The highest BCUT2D eigenvalue weighted by atomic mass is 79.9. The summed E-state index contributed by atoms with van der Waals surface area (Å²) in [4.78, 5) is 10.9. The van der Waals surface area contributed by atoms with Crippen molar-refractivity contribution in [1.82, 2.24) is 4.72 Å². The molecule has 0 saturated heterocycles. The van der Waals surface area contributed by atoms with Crippen LogP contribution in [0.2, 0.25) is 0 Å². The number of halogens is 3. The molecule has 0 aliphatic heterocycles. The first-order valence-electron chi connectivity index (χ1n) is 6.31. The van der Waals surface area contributed by atoms with Gasteiger partial charge in [0.2, 0.25) is 0 Å². The lowest BCUT2D eigenvalue weighted by molar-refractivity contribution is -0.109. The smallest absolute Gasteiger partial charge is 0.128 e. The Labute approximate surface area is 134 Å². The van der Waals surface area contributed by atoms with Crippen molar-refractivity contribution in [2.24, 2.45) is 0 Å². The van der Waals surface area contributed by atoms with Crippen molar-refractivity contribution in [3.8, 4) is 0 Å². The van der Waals surface area contributed by atoms with Gasteiger partial charge in [0.15, 0.2) is 0 Å². The molecule has 118 valence electrons. The first-order valence-corrected chi connectivity index (χ1v) is 8.25. The van der Waals surface area contributed by atoms with Crippen LogP contribution in [0.25, 0.3) is 0 Å². The third-order valence-corrected chi connectivity index (χ3v) is 5.13. The van der Waals surface area contributed by atoms with Crippen molar-refractivity contribution >= 4 is 33.2 Å². The molecule has 0 aliphatic rings. The summed E-state index contributed by atoms with van der Waals surface area (Å²) in [6.07, 6.45) is 0.172. The van der Waals surface area contributed by atoms with Crippen LogP contribution in [-0.4, -0.2) is 21.9 Å². The number of rotatable bonds is 6. The standard InChI is InChI=1S/C14H18BrF2NO2S/c1-13(2,3)21(20)18-14(9-16,6-7-19)11-8-10(15)4-5-12(11)17/h4-5,7-8,18H,6,9H2,1-3H3/t14-,21-/m1/s1. The Kier molecular flexibility index (Phi) is 6.19. The maximum atomic E-state index is 14.1. The van der Waals surface area contributed by atoms with Crippen molar-refractivity contribution in [2.45, 2.75) is 37.5 Å². The number of aldehydes is 1. The fourth-order valence-electron chi connectivity index (χ4n) is 1.70. The SMILES string of the molecule is CC(C)(C)[S@@](=O)N[C@@](CF)(CC=O)c1cc(Br)ccc1F. The molecule has 7 heteroatoms. The van der Waals surface area contributed by atoms with Gasteiger partial charge in [0, 0.05) is 16.5 Å². The van der Waals surface area contributed by atoms with Crippen LogP contribution in [0.1, 0.15) is 32.8 Å². The third-order valence-electron chi connectivity index (χ3n) is 2.95. The minimum atomic E-state index is -1.65. The lowest BCUT2D eigenvalue weighted by Gasteiger charge is -2.33. The van der Waals surface area contributed by atoms with E-state index in [1.54, 1.807) is 20.8 Å². The Balaban J connectivity index is 3.35. The number of nitrogens with one attached hydrogen (secondary N) is 1. The van der Waals surface area contributed by atoms with Crippen LogP contribution < -0.4 is 4.72 Å². The van der Waals surface area contributed by atoms with E-state index in [-0.39, 0.29) is 12.0 Å². The monoisotopic (exact) mass is 381 g/mol. The van der Waals surface area contributed by atoms with Gasteiger partial charge in [0.25, 0.3) is 0 Å². The lowest BCUT2D eigenvalue weighted by atomic mass is 9.89. The molecule has 1 rings (SSSR count). The predicted octanol–water partition coefficient (Wildman–Crippen LogP) is 3.39. The van der Waals surface area contributed by atoms with Gasteiger partial charge in [0.05, 0.1) is 21.3 Å². The molecule has 1 aromatic rings. The zero-order valence-corrected chi connectivity index (χ0v) is 14.5. The highest BCUT2D eigenvalue weighted by molar-refractivity contribution is 9.10. The molecule has 3 nitrogen and oxygen atoms in total. The highest BCUT2D eigenvalue weighted by Crippen LogP contribution is 2.31. The van der Waals surface area contributed by atoms with Gasteiger partial charge in [-0.3, -0.25) is 0 Å². The van der Waals surface area contributed by atoms with Gasteiger partial charge in [-0.1, -0.05) is 15.9 Å². The van der Waals surface area contributed by atoms with Crippen LogP contribution in [-0.2, 0) is 21.3 Å². The van der Waals surface area contributed by atoms with E-state index < -0.39 is 33.8 Å². The van der Waals surface area contributed by atoms with Gasteiger partial charge in [-0.15, -0.1) is 0 Å². The van der Waals surface area contributed by atoms with Crippen molar-refractivity contribution < 1.29 is 17.8 Å². The van der Waals surface area contributed by atoms with Gasteiger partial charge in [-0.05, 0) is 39.0 Å². The van der Waals surface area contributed by atoms with Gasteiger partial charge >= 0.3 is 0 Å². The molecule has 21 heavy (non-hydrogen) atoms. The number of alkyl halides is 1. The van der Waals surface area contributed by atoms with E-state index in [1.807, 2.05) is 0 Å². The molecule has 0 fully saturated rings. The van der Waals surface area contributed by atoms with Crippen molar-refractivity contribution in [2.75, 3.05) is 6.67 Å². The molecule has 0 saturated carbocycles. The number of hydrogen-bond donors (Lipinski definition) is 1. The molecule has 1 N–H and O–H groups in total. The number of benzene rings is 1. The van der Waals surface area contributed by atoms with Crippen LogP contribution in [0.15, 0.2) is 22.7 Å². The van der Waals surface area contributed by atoms with E-state index in [4.69, 9.17) is 0 Å².